The standard InChI is InChI=1S/C8H19N2O2PS2/c1-5-7-14-10(4)13(12,15-6-2)9(3)8-11/h8H,5-7H2,1-4H3. The van der Waals surface area contributed by atoms with Crippen LogP contribution >= 0.6 is 30.0 Å². The van der Waals surface area contributed by atoms with Crippen molar-refractivity contribution in [1.29, 1.82) is 0 Å². The van der Waals surface area contributed by atoms with Gasteiger partial charge in [-0.05, 0) is 6.42 Å². The lowest BCUT2D eigenvalue weighted by Crippen LogP contribution is -2.20. The predicted octanol–water partition coefficient (Wildman–Crippen LogP) is 2.93. The fourth-order valence-electron chi connectivity index (χ4n) is 0.895. The summed E-state index contributed by atoms with van der Waals surface area (Å²) in [5, 5.41) is 0. The Hall–Kier alpha value is 0.360. The first-order valence-electron chi connectivity index (χ1n) is 4.83. The number of carbonyl (C=O) groups excluding carboxylic acids is 1. The fourth-order valence-corrected chi connectivity index (χ4v) is 6.72. The summed E-state index contributed by atoms with van der Waals surface area (Å²) in [5.41, 5.74) is 0. The van der Waals surface area contributed by atoms with Crippen molar-refractivity contribution in [3.63, 3.8) is 0 Å². The zero-order chi connectivity index (χ0) is 11.9. The molecule has 0 bridgehead atoms. The Morgan fingerprint density at radius 3 is 2.33 bits per heavy atom. The topological polar surface area (TPSA) is 40.6 Å². The summed E-state index contributed by atoms with van der Waals surface area (Å²) >= 11 is 2.84. The molecule has 1 amide bonds. The summed E-state index contributed by atoms with van der Waals surface area (Å²) in [7, 11) is 3.35. The van der Waals surface area contributed by atoms with Gasteiger partial charge in [0.25, 0.3) is 0 Å². The number of nitrogens with zero attached hydrogens (tertiary/aromatic N) is 2. The third-order valence-corrected chi connectivity index (χ3v) is 9.46. The van der Waals surface area contributed by atoms with E-state index in [1.165, 1.54) is 28.0 Å². The lowest BCUT2D eigenvalue weighted by atomic mass is 10.6. The molecule has 0 saturated heterocycles. The molecule has 0 aliphatic rings. The van der Waals surface area contributed by atoms with Crippen LogP contribution in [0.5, 0.6) is 0 Å². The van der Waals surface area contributed by atoms with Gasteiger partial charge in [0.2, 0.25) is 6.41 Å². The molecule has 1 atom stereocenters. The molecule has 4 nitrogen and oxygen atoms in total. The first kappa shape index (κ1) is 15.4. The van der Waals surface area contributed by atoms with Crippen molar-refractivity contribution in [2.75, 3.05) is 25.6 Å². The molecular weight excluding hydrogens is 251 g/mol. The van der Waals surface area contributed by atoms with Gasteiger partial charge in [0.1, 0.15) is 0 Å². The molecule has 15 heavy (non-hydrogen) atoms. The number of hydrogen-bond donors (Lipinski definition) is 0. The summed E-state index contributed by atoms with van der Waals surface area (Å²) in [6.07, 6.45) is 1.66. The summed E-state index contributed by atoms with van der Waals surface area (Å²) < 4.78 is 15.5. The van der Waals surface area contributed by atoms with Crippen LogP contribution in [0, 0.1) is 0 Å². The molecule has 0 N–H and O–H groups in total. The maximum absolute atomic E-state index is 12.5. The van der Waals surface area contributed by atoms with E-state index in [-0.39, 0.29) is 0 Å². The van der Waals surface area contributed by atoms with E-state index in [4.69, 9.17) is 0 Å². The predicted molar refractivity (Wildman–Crippen MR) is 70.1 cm³/mol. The molecule has 0 saturated carbocycles. The average Bonchev–Trinajstić information content (AvgIpc) is 2.24. The van der Waals surface area contributed by atoms with Gasteiger partial charge in [0, 0.05) is 25.6 Å². The van der Waals surface area contributed by atoms with Crippen LogP contribution in [-0.2, 0) is 9.36 Å². The van der Waals surface area contributed by atoms with Gasteiger partial charge in [-0.15, -0.1) is 0 Å². The molecule has 90 valence electrons. The van der Waals surface area contributed by atoms with Crippen LogP contribution in [0.4, 0.5) is 0 Å². The van der Waals surface area contributed by atoms with Crippen molar-refractivity contribution >= 4 is 36.4 Å². The maximum Gasteiger partial charge on any atom is 0.306 e. The van der Waals surface area contributed by atoms with Gasteiger partial charge in [-0.1, -0.05) is 37.2 Å². The maximum atomic E-state index is 12.5. The van der Waals surface area contributed by atoms with Gasteiger partial charge >= 0.3 is 6.65 Å². The molecule has 0 heterocycles. The van der Waals surface area contributed by atoms with Crippen LogP contribution in [0.1, 0.15) is 20.3 Å². The highest BCUT2D eigenvalue weighted by Gasteiger charge is 2.32. The minimum Gasteiger partial charge on any atom is -0.278 e. The molecule has 0 rings (SSSR count). The van der Waals surface area contributed by atoms with Crippen LogP contribution in [0.25, 0.3) is 0 Å². The van der Waals surface area contributed by atoms with E-state index in [1.807, 2.05) is 6.92 Å². The Kier molecular flexibility index (Phi) is 7.79. The molecule has 0 aromatic heterocycles. The molecule has 0 radical (unpaired) electrons. The minimum atomic E-state index is -2.75. The van der Waals surface area contributed by atoms with Crippen LogP contribution in [0.2, 0.25) is 0 Å². The summed E-state index contributed by atoms with van der Waals surface area (Å²) in [5.74, 6) is 1.64. The lowest BCUT2D eigenvalue weighted by Gasteiger charge is -2.30. The smallest absolute Gasteiger partial charge is 0.278 e. The van der Waals surface area contributed by atoms with Gasteiger partial charge in [0.15, 0.2) is 0 Å². The molecular formula is C8H19N2O2PS2. The van der Waals surface area contributed by atoms with Crippen LogP contribution < -0.4 is 0 Å². The number of carbonyl (C=O) groups is 1. The third-order valence-electron chi connectivity index (χ3n) is 1.69. The Labute approximate surface area is 101 Å². The first-order chi connectivity index (χ1) is 7.02. The Morgan fingerprint density at radius 2 is 1.93 bits per heavy atom. The monoisotopic (exact) mass is 270 g/mol. The molecule has 0 aliphatic carbocycles. The van der Waals surface area contributed by atoms with Crippen molar-refractivity contribution in [3.05, 3.63) is 0 Å². The minimum absolute atomic E-state index is 0.631. The van der Waals surface area contributed by atoms with E-state index < -0.39 is 6.65 Å². The van der Waals surface area contributed by atoms with Crippen molar-refractivity contribution in [1.82, 2.24) is 8.75 Å². The van der Waals surface area contributed by atoms with Crippen LogP contribution in [-0.4, -0.2) is 40.8 Å². The van der Waals surface area contributed by atoms with Crippen molar-refractivity contribution in [2.45, 2.75) is 20.3 Å². The van der Waals surface area contributed by atoms with E-state index in [0.717, 1.165) is 17.9 Å². The van der Waals surface area contributed by atoms with Gasteiger partial charge in [-0.2, -0.15) is 4.08 Å². The van der Waals surface area contributed by atoms with Gasteiger partial charge in [-0.3, -0.25) is 14.0 Å². The van der Waals surface area contributed by atoms with E-state index in [0.29, 0.717) is 6.41 Å². The van der Waals surface area contributed by atoms with Gasteiger partial charge < -0.3 is 0 Å². The van der Waals surface area contributed by atoms with Crippen LogP contribution in [0.3, 0.4) is 0 Å². The van der Waals surface area contributed by atoms with Crippen molar-refractivity contribution in [3.8, 4) is 0 Å². The molecule has 0 aromatic carbocycles. The number of rotatable bonds is 8. The highest BCUT2D eigenvalue weighted by molar-refractivity contribution is 8.57. The fraction of sp³-hybridized carbons (Fsp3) is 0.875. The number of amides is 1. The second-order valence-electron chi connectivity index (χ2n) is 2.88. The molecule has 1 unspecified atom stereocenters. The third kappa shape index (κ3) is 4.39. The summed E-state index contributed by atoms with van der Waals surface area (Å²) in [6, 6.07) is 0. The zero-order valence-corrected chi connectivity index (χ0v) is 12.2. The molecule has 7 heteroatoms. The second kappa shape index (κ2) is 7.60. The average molecular weight is 270 g/mol. The van der Waals surface area contributed by atoms with Gasteiger partial charge in [-0.25, -0.2) is 0 Å². The number of hydrogen-bond acceptors (Lipinski definition) is 4. The first-order valence-corrected chi connectivity index (χ1v) is 8.97. The highest BCUT2D eigenvalue weighted by Crippen LogP contribution is 2.64. The highest BCUT2D eigenvalue weighted by atomic mass is 32.7. The normalized spacial score (nSPS) is 15.0. The largest absolute Gasteiger partial charge is 0.306 e. The van der Waals surface area contributed by atoms with E-state index in [9.17, 15) is 9.36 Å². The lowest BCUT2D eigenvalue weighted by molar-refractivity contribution is -0.113. The van der Waals surface area contributed by atoms with E-state index in [1.54, 1.807) is 18.2 Å². The Bertz CT molecular complexity index is 241. The van der Waals surface area contributed by atoms with E-state index >= 15 is 0 Å². The zero-order valence-electron chi connectivity index (χ0n) is 9.67. The Balaban J connectivity index is 4.61. The second-order valence-corrected chi connectivity index (χ2v) is 9.62. The van der Waals surface area contributed by atoms with Crippen LogP contribution in [0.15, 0.2) is 0 Å². The summed E-state index contributed by atoms with van der Waals surface area (Å²) in [6.45, 7) is 1.26. The van der Waals surface area contributed by atoms with E-state index in [2.05, 4.69) is 6.92 Å². The molecule has 0 aromatic rings. The van der Waals surface area contributed by atoms with Crippen molar-refractivity contribution < 1.29 is 9.36 Å². The van der Waals surface area contributed by atoms with Gasteiger partial charge in [0.05, 0.1) is 0 Å². The molecule has 0 fully saturated rings. The molecule has 0 aliphatic heterocycles. The van der Waals surface area contributed by atoms with Crippen molar-refractivity contribution in [2.24, 2.45) is 0 Å². The SMILES string of the molecule is CCCSN(C)P(=O)(SCC)N(C)C=O. The molecule has 0 spiro atoms. The summed E-state index contributed by atoms with van der Waals surface area (Å²) in [4.78, 5) is 10.7. The Morgan fingerprint density at radius 1 is 1.33 bits per heavy atom. The quantitative estimate of drug-likeness (QED) is 0.385.